The predicted molar refractivity (Wildman–Crippen MR) is 59.8 cm³/mol. The van der Waals surface area contributed by atoms with Gasteiger partial charge in [-0.3, -0.25) is 0 Å². The lowest BCUT2D eigenvalue weighted by Gasteiger charge is -2.02. The van der Waals surface area contributed by atoms with Crippen molar-refractivity contribution in [1.29, 1.82) is 0 Å². The van der Waals surface area contributed by atoms with Gasteiger partial charge in [-0.2, -0.15) is 0 Å². The van der Waals surface area contributed by atoms with E-state index in [9.17, 15) is 0 Å². The number of benzene rings is 1. The molecule has 0 fully saturated rings. The van der Waals surface area contributed by atoms with E-state index in [4.69, 9.17) is 0 Å². The van der Waals surface area contributed by atoms with Crippen LogP contribution in [0.1, 0.15) is 23.6 Å². The third kappa shape index (κ3) is 2.59. The van der Waals surface area contributed by atoms with Crippen LogP contribution in [0.5, 0.6) is 0 Å². The van der Waals surface area contributed by atoms with Gasteiger partial charge in [0.1, 0.15) is 0 Å². The Morgan fingerprint density at radius 1 is 1.31 bits per heavy atom. The largest absolute Gasteiger partial charge is 0.0988 e. The molecule has 0 heteroatoms. The van der Waals surface area contributed by atoms with Crippen LogP contribution >= 0.6 is 0 Å². The molecule has 0 saturated heterocycles. The Morgan fingerprint density at radius 2 is 2.00 bits per heavy atom. The molecule has 0 aliphatic heterocycles. The highest BCUT2D eigenvalue weighted by atomic mass is 14.0. The smallest absolute Gasteiger partial charge is 0.0225 e. The first-order valence-electron chi connectivity index (χ1n) is 4.51. The van der Waals surface area contributed by atoms with E-state index in [1.165, 1.54) is 22.3 Å². The summed E-state index contributed by atoms with van der Waals surface area (Å²) in [6.45, 7) is 10.0. The van der Waals surface area contributed by atoms with E-state index in [1.54, 1.807) is 0 Å². The van der Waals surface area contributed by atoms with Crippen molar-refractivity contribution in [2.24, 2.45) is 0 Å². The first kappa shape index (κ1) is 9.79. The van der Waals surface area contributed by atoms with Gasteiger partial charge < -0.3 is 0 Å². The van der Waals surface area contributed by atoms with Crippen LogP contribution in [0, 0.1) is 13.8 Å². The molecule has 1 aromatic rings. The van der Waals surface area contributed by atoms with E-state index in [2.05, 4.69) is 51.6 Å². The summed E-state index contributed by atoms with van der Waals surface area (Å²) in [5.74, 6) is 0. The first-order chi connectivity index (χ1) is 6.13. The summed E-state index contributed by atoms with van der Waals surface area (Å²) in [6, 6.07) is 6.48. The van der Waals surface area contributed by atoms with Gasteiger partial charge in [0.25, 0.3) is 0 Å². The van der Waals surface area contributed by atoms with E-state index >= 15 is 0 Å². The lowest BCUT2D eigenvalue weighted by atomic mass is 10.0. The van der Waals surface area contributed by atoms with Gasteiger partial charge in [0.2, 0.25) is 0 Å². The Labute approximate surface area is 80.6 Å². The molecule has 0 saturated carbocycles. The molecule has 1 rings (SSSR count). The van der Waals surface area contributed by atoms with E-state index in [0.717, 1.165) is 0 Å². The van der Waals surface area contributed by atoms with Gasteiger partial charge in [0, 0.05) is 0 Å². The minimum atomic E-state index is 1.20. The Bertz CT molecular complexity index is 343. The second kappa shape index (κ2) is 4.08. The second-order valence-corrected chi connectivity index (χ2v) is 3.45. The number of aryl methyl sites for hydroxylation is 2. The number of hydrogen-bond acceptors (Lipinski definition) is 0. The number of hydrogen-bond donors (Lipinski definition) is 0. The Hall–Kier alpha value is -1.30. The van der Waals surface area contributed by atoms with E-state index in [-0.39, 0.29) is 0 Å². The molecule has 0 radical (unpaired) electrons. The van der Waals surface area contributed by atoms with Gasteiger partial charge >= 0.3 is 0 Å². The van der Waals surface area contributed by atoms with Crippen LogP contribution in [-0.2, 0) is 0 Å². The van der Waals surface area contributed by atoms with Crippen LogP contribution in [0.3, 0.4) is 0 Å². The van der Waals surface area contributed by atoms with Crippen LogP contribution in [0.25, 0.3) is 6.08 Å². The van der Waals surface area contributed by atoms with Gasteiger partial charge in [0.05, 0.1) is 0 Å². The summed E-state index contributed by atoms with van der Waals surface area (Å²) in [5, 5.41) is 0. The van der Waals surface area contributed by atoms with Gasteiger partial charge in [-0.15, -0.1) is 0 Å². The van der Waals surface area contributed by atoms with Crippen molar-refractivity contribution in [2.75, 3.05) is 0 Å². The summed E-state index contributed by atoms with van der Waals surface area (Å²) in [6.07, 6.45) is 4.03. The van der Waals surface area contributed by atoms with Crippen LogP contribution in [0.4, 0.5) is 0 Å². The molecule has 0 atom stereocenters. The summed E-state index contributed by atoms with van der Waals surface area (Å²) >= 11 is 0. The zero-order valence-electron chi connectivity index (χ0n) is 8.59. The molecule has 68 valence electrons. The molecule has 0 amide bonds. The van der Waals surface area contributed by atoms with Crippen molar-refractivity contribution in [3.63, 3.8) is 0 Å². The van der Waals surface area contributed by atoms with Crippen molar-refractivity contribution in [2.45, 2.75) is 20.8 Å². The lowest BCUT2D eigenvalue weighted by Crippen LogP contribution is -1.82. The molecule has 0 aliphatic carbocycles. The van der Waals surface area contributed by atoms with Crippen molar-refractivity contribution < 1.29 is 0 Å². The molecule has 0 nitrogen and oxygen atoms in total. The molecule has 0 N–H and O–H groups in total. The highest BCUT2D eigenvalue weighted by molar-refractivity contribution is 5.58. The molecule has 0 bridgehead atoms. The minimum absolute atomic E-state index is 1.20. The van der Waals surface area contributed by atoms with Crippen molar-refractivity contribution in [1.82, 2.24) is 0 Å². The highest BCUT2D eigenvalue weighted by Gasteiger charge is 1.94. The fourth-order valence-corrected chi connectivity index (χ4v) is 1.29. The van der Waals surface area contributed by atoms with Crippen LogP contribution in [0.15, 0.2) is 36.4 Å². The molecule has 0 spiro atoms. The summed E-state index contributed by atoms with van der Waals surface area (Å²) in [7, 11) is 0. The molecular formula is C13H16. The average Bonchev–Trinajstić information content (AvgIpc) is 2.09. The SMILES string of the molecule is C=C/C(C)=C/c1ccc(C)cc1C. The maximum absolute atomic E-state index is 3.74. The first-order valence-corrected chi connectivity index (χ1v) is 4.51. The maximum Gasteiger partial charge on any atom is -0.0225 e. The Morgan fingerprint density at radius 3 is 2.54 bits per heavy atom. The fraction of sp³-hybridized carbons (Fsp3) is 0.231. The van der Waals surface area contributed by atoms with Crippen molar-refractivity contribution >= 4 is 6.08 Å². The standard InChI is InChI=1S/C13H16/c1-5-10(2)9-13-7-6-11(3)8-12(13)4/h5-9H,1H2,2-4H3/b10-9+. The van der Waals surface area contributed by atoms with Gasteiger partial charge in [-0.1, -0.05) is 48.1 Å². The second-order valence-electron chi connectivity index (χ2n) is 3.45. The molecule has 13 heavy (non-hydrogen) atoms. The fourth-order valence-electron chi connectivity index (χ4n) is 1.29. The zero-order valence-corrected chi connectivity index (χ0v) is 8.59. The van der Waals surface area contributed by atoms with E-state index in [1.807, 2.05) is 6.08 Å². The predicted octanol–water partition coefficient (Wildman–Crippen LogP) is 3.89. The van der Waals surface area contributed by atoms with Crippen LogP contribution in [-0.4, -0.2) is 0 Å². The molecule has 0 aromatic heterocycles. The Kier molecular flexibility index (Phi) is 3.07. The molecule has 0 aliphatic rings. The minimum Gasteiger partial charge on any atom is -0.0988 e. The zero-order chi connectivity index (χ0) is 9.84. The third-order valence-corrected chi connectivity index (χ3v) is 2.13. The Balaban J connectivity index is 3.09. The third-order valence-electron chi connectivity index (χ3n) is 2.13. The van der Waals surface area contributed by atoms with Crippen LogP contribution < -0.4 is 0 Å². The summed E-state index contributed by atoms with van der Waals surface area (Å²) < 4.78 is 0. The quantitative estimate of drug-likeness (QED) is 0.594. The molecule has 0 unspecified atom stereocenters. The molecule has 1 aromatic carbocycles. The highest BCUT2D eigenvalue weighted by Crippen LogP contribution is 2.14. The monoisotopic (exact) mass is 172 g/mol. The normalized spacial score (nSPS) is 11.5. The lowest BCUT2D eigenvalue weighted by molar-refractivity contribution is 1.36. The van der Waals surface area contributed by atoms with Gasteiger partial charge in [0.15, 0.2) is 0 Å². The van der Waals surface area contributed by atoms with Crippen molar-refractivity contribution in [3.8, 4) is 0 Å². The summed E-state index contributed by atoms with van der Waals surface area (Å²) in [4.78, 5) is 0. The van der Waals surface area contributed by atoms with Crippen LogP contribution in [0.2, 0.25) is 0 Å². The van der Waals surface area contributed by atoms with Gasteiger partial charge in [-0.25, -0.2) is 0 Å². The van der Waals surface area contributed by atoms with Gasteiger partial charge in [-0.05, 0) is 31.9 Å². The number of allylic oxidation sites excluding steroid dienone is 2. The molecule has 0 heterocycles. The van der Waals surface area contributed by atoms with Crippen molar-refractivity contribution in [3.05, 3.63) is 53.1 Å². The number of rotatable bonds is 2. The van der Waals surface area contributed by atoms with E-state index < -0.39 is 0 Å². The average molecular weight is 172 g/mol. The summed E-state index contributed by atoms with van der Waals surface area (Å²) in [5.41, 5.74) is 5.11. The molecular weight excluding hydrogens is 156 g/mol. The van der Waals surface area contributed by atoms with E-state index in [0.29, 0.717) is 0 Å². The maximum atomic E-state index is 3.74. The topological polar surface area (TPSA) is 0 Å².